The van der Waals surface area contributed by atoms with Gasteiger partial charge in [-0.2, -0.15) is 4.31 Å². The van der Waals surface area contributed by atoms with Crippen LogP contribution in [0.5, 0.6) is 0 Å². The van der Waals surface area contributed by atoms with Crippen molar-refractivity contribution in [3.8, 4) is 11.3 Å². The van der Waals surface area contributed by atoms with Crippen LogP contribution in [-0.4, -0.2) is 37.5 Å². The lowest BCUT2D eigenvalue weighted by molar-refractivity contribution is 0.349. The highest BCUT2D eigenvalue weighted by Crippen LogP contribution is 2.35. The van der Waals surface area contributed by atoms with E-state index in [4.69, 9.17) is 10.3 Å². The summed E-state index contributed by atoms with van der Waals surface area (Å²) < 4.78 is 32.6. The topological polar surface area (TPSA) is 89.4 Å². The number of hydrogen-bond donors (Lipinski definition) is 1. The summed E-state index contributed by atoms with van der Waals surface area (Å²) in [7, 11) is -3.59. The maximum atomic E-state index is 13.0. The molecule has 0 saturated carbocycles. The summed E-state index contributed by atoms with van der Waals surface area (Å²) >= 11 is 0. The monoisotopic (exact) mass is 357 g/mol. The summed E-state index contributed by atoms with van der Waals surface area (Å²) in [5.41, 5.74) is 6.15. The lowest BCUT2D eigenvalue weighted by Crippen LogP contribution is -2.34. The van der Waals surface area contributed by atoms with E-state index in [1.54, 1.807) is 30.3 Å². The van der Waals surface area contributed by atoms with Gasteiger partial charge in [-0.3, -0.25) is 0 Å². The molecule has 2 aromatic rings. The van der Waals surface area contributed by atoms with Crippen molar-refractivity contribution in [1.29, 1.82) is 0 Å². The average molecular weight is 358 g/mol. The number of benzene rings is 1. The number of nitrogens with zero attached hydrogens (tertiary/aromatic N) is 2. The highest BCUT2D eigenvalue weighted by Gasteiger charge is 2.39. The Bertz CT molecular complexity index is 764. The molecule has 1 saturated heterocycles. The van der Waals surface area contributed by atoms with Gasteiger partial charge >= 0.3 is 0 Å². The van der Waals surface area contributed by atoms with Crippen LogP contribution in [0.2, 0.25) is 0 Å². The zero-order valence-corrected chi connectivity index (χ0v) is 14.4. The molecular weight excluding hydrogens is 338 g/mol. The maximum absolute atomic E-state index is 13.0. The van der Waals surface area contributed by atoms with Gasteiger partial charge in [0, 0.05) is 24.7 Å². The summed E-state index contributed by atoms with van der Waals surface area (Å²) in [5, 5.41) is 3.66. The van der Waals surface area contributed by atoms with Crippen LogP contribution < -0.4 is 5.73 Å². The van der Waals surface area contributed by atoms with Gasteiger partial charge in [0.2, 0.25) is 10.0 Å². The van der Waals surface area contributed by atoms with E-state index in [2.05, 4.69) is 5.16 Å². The molecule has 126 valence electrons. The van der Waals surface area contributed by atoms with E-state index in [1.165, 1.54) is 10.5 Å². The highest BCUT2D eigenvalue weighted by atomic mass is 35.5. The molecule has 0 radical (unpaired) electrons. The first kappa shape index (κ1) is 17.9. The van der Waals surface area contributed by atoms with Crippen LogP contribution in [0.25, 0.3) is 11.3 Å². The Labute approximate surface area is 142 Å². The molecular formula is C15H20ClN3O3S. The molecule has 3 rings (SSSR count). The Morgan fingerprint density at radius 3 is 2.70 bits per heavy atom. The van der Waals surface area contributed by atoms with Gasteiger partial charge in [0.25, 0.3) is 0 Å². The van der Waals surface area contributed by atoms with E-state index in [0.29, 0.717) is 31.0 Å². The van der Waals surface area contributed by atoms with Crippen molar-refractivity contribution in [1.82, 2.24) is 9.46 Å². The van der Waals surface area contributed by atoms with Crippen LogP contribution in [0.4, 0.5) is 0 Å². The number of halogens is 1. The number of nitrogens with two attached hydrogens (primary N) is 1. The normalized spacial score (nSPS) is 22.0. The molecule has 0 spiro atoms. The molecule has 2 N–H and O–H groups in total. The molecule has 0 amide bonds. The van der Waals surface area contributed by atoms with Crippen molar-refractivity contribution in [2.24, 2.45) is 11.1 Å². The van der Waals surface area contributed by atoms with Crippen molar-refractivity contribution >= 4 is 22.4 Å². The molecule has 1 aliphatic rings. The third kappa shape index (κ3) is 3.28. The largest absolute Gasteiger partial charge is 0.356 e. The zero-order chi connectivity index (χ0) is 15.8. The molecule has 1 aromatic heterocycles. The van der Waals surface area contributed by atoms with Gasteiger partial charge in [-0.25, -0.2) is 8.42 Å². The Hall–Kier alpha value is -1.41. The third-order valence-corrected chi connectivity index (χ3v) is 6.13. The van der Waals surface area contributed by atoms with E-state index in [-0.39, 0.29) is 22.7 Å². The van der Waals surface area contributed by atoms with Crippen molar-refractivity contribution in [3.63, 3.8) is 0 Å². The summed E-state index contributed by atoms with van der Waals surface area (Å²) in [5.74, 6) is 0.444. The predicted molar refractivity (Wildman–Crippen MR) is 89.7 cm³/mol. The van der Waals surface area contributed by atoms with Crippen LogP contribution in [0, 0.1) is 5.41 Å². The fourth-order valence-electron chi connectivity index (χ4n) is 2.74. The Morgan fingerprint density at radius 2 is 2.09 bits per heavy atom. The first-order chi connectivity index (χ1) is 10.5. The number of rotatable bonds is 4. The molecule has 1 aromatic carbocycles. The smallest absolute Gasteiger partial charge is 0.243 e. The standard InChI is InChI=1S/C15H19N3O3S.ClH/c1-15(10-16)7-9-18(11-15)22(19,20)14-5-3-2-4-12(14)13-6-8-17-21-13;/h2-6,8H,7,9-11,16H2,1H3;1H. The van der Waals surface area contributed by atoms with Gasteiger partial charge < -0.3 is 10.3 Å². The Balaban J connectivity index is 0.00000192. The first-order valence-corrected chi connectivity index (χ1v) is 8.61. The quantitative estimate of drug-likeness (QED) is 0.905. The molecule has 0 bridgehead atoms. The lowest BCUT2D eigenvalue weighted by atomic mass is 9.90. The molecule has 0 aliphatic carbocycles. The molecule has 6 nitrogen and oxygen atoms in total. The van der Waals surface area contributed by atoms with Crippen molar-refractivity contribution in [3.05, 3.63) is 36.5 Å². The van der Waals surface area contributed by atoms with E-state index in [1.807, 2.05) is 6.92 Å². The highest BCUT2D eigenvalue weighted by molar-refractivity contribution is 7.89. The second-order valence-electron chi connectivity index (χ2n) is 5.98. The van der Waals surface area contributed by atoms with E-state index >= 15 is 0 Å². The van der Waals surface area contributed by atoms with Gasteiger partial charge in [0.05, 0.1) is 11.1 Å². The lowest BCUT2D eigenvalue weighted by Gasteiger charge is -2.23. The summed E-state index contributed by atoms with van der Waals surface area (Å²) in [6, 6.07) is 8.48. The number of hydrogen-bond acceptors (Lipinski definition) is 5. The minimum absolute atomic E-state index is 0. The van der Waals surface area contributed by atoms with Gasteiger partial charge in [-0.05, 0) is 30.5 Å². The fraction of sp³-hybridized carbons (Fsp3) is 0.400. The Kier molecular flexibility index (Phi) is 5.15. The third-order valence-electron chi connectivity index (χ3n) is 4.22. The second kappa shape index (κ2) is 6.60. The SMILES string of the molecule is CC1(CN)CCN(S(=O)(=O)c2ccccc2-c2ccno2)C1.Cl. The van der Waals surface area contributed by atoms with Crippen molar-refractivity contribution in [2.75, 3.05) is 19.6 Å². The zero-order valence-electron chi connectivity index (χ0n) is 12.8. The molecule has 23 heavy (non-hydrogen) atoms. The molecule has 1 aliphatic heterocycles. The van der Waals surface area contributed by atoms with Gasteiger partial charge in [-0.1, -0.05) is 24.2 Å². The minimum Gasteiger partial charge on any atom is -0.356 e. The summed E-state index contributed by atoms with van der Waals surface area (Å²) in [4.78, 5) is 0.244. The predicted octanol–water partition coefficient (Wildman–Crippen LogP) is 2.12. The minimum atomic E-state index is -3.59. The molecule has 2 heterocycles. The number of sulfonamides is 1. The van der Waals surface area contributed by atoms with Crippen molar-refractivity contribution in [2.45, 2.75) is 18.2 Å². The summed E-state index contributed by atoms with van der Waals surface area (Å²) in [6.45, 7) is 3.42. The van der Waals surface area contributed by atoms with Gasteiger partial charge in [0.15, 0.2) is 5.76 Å². The van der Waals surface area contributed by atoms with Crippen molar-refractivity contribution < 1.29 is 12.9 Å². The molecule has 1 unspecified atom stereocenters. The molecule has 8 heteroatoms. The fourth-order valence-corrected chi connectivity index (χ4v) is 4.53. The van der Waals surface area contributed by atoms with Gasteiger partial charge in [0.1, 0.15) is 0 Å². The van der Waals surface area contributed by atoms with Crippen LogP contribution in [0.15, 0.2) is 45.9 Å². The van der Waals surface area contributed by atoms with Gasteiger partial charge in [-0.15, -0.1) is 12.4 Å². The molecule has 1 fully saturated rings. The number of aromatic nitrogens is 1. The molecule has 1 atom stereocenters. The average Bonchev–Trinajstić information content (AvgIpc) is 3.17. The first-order valence-electron chi connectivity index (χ1n) is 7.17. The van der Waals surface area contributed by atoms with Crippen LogP contribution >= 0.6 is 12.4 Å². The van der Waals surface area contributed by atoms with E-state index in [0.717, 1.165) is 6.42 Å². The maximum Gasteiger partial charge on any atom is 0.243 e. The second-order valence-corrected chi connectivity index (χ2v) is 7.88. The van der Waals surface area contributed by atoms with E-state index < -0.39 is 10.0 Å². The van der Waals surface area contributed by atoms with E-state index in [9.17, 15) is 8.42 Å². The summed E-state index contributed by atoms with van der Waals surface area (Å²) in [6.07, 6.45) is 2.27. The Morgan fingerprint density at radius 1 is 1.35 bits per heavy atom. The van der Waals surface area contributed by atoms with Crippen LogP contribution in [0.1, 0.15) is 13.3 Å². The van der Waals surface area contributed by atoms with Crippen LogP contribution in [0.3, 0.4) is 0 Å². The van der Waals surface area contributed by atoms with Crippen LogP contribution in [-0.2, 0) is 10.0 Å².